The Morgan fingerprint density at radius 1 is 1.28 bits per heavy atom. The number of carbonyl (C=O) groups excluding carboxylic acids is 1. The summed E-state index contributed by atoms with van der Waals surface area (Å²) in [6.45, 7) is 0.151. The maximum atomic E-state index is 12.3. The molecule has 1 N–H and O–H groups in total. The van der Waals surface area contributed by atoms with E-state index >= 15 is 0 Å². The molecule has 6 nitrogen and oxygen atoms in total. The van der Waals surface area contributed by atoms with Gasteiger partial charge in [-0.15, -0.1) is 0 Å². The van der Waals surface area contributed by atoms with Crippen LogP contribution in [-0.4, -0.2) is 19.8 Å². The molecule has 1 heterocycles. The highest BCUT2D eigenvalue weighted by atomic mass is 79.9. The lowest BCUT2D eigenvalue weighted by molar-refractivity contribution is -0.112. The summed E-state index contributed by atoms with van der Waals surface area (Å²) in [4.78, 5) is 12.3. The molecule has 126 valence electrons. The quantitative estimate of drug-likeness (QED) is 0.624. The molecular formula is C18H13BrN2O4. The predicted molar refractivity (Wildman–Crippen MR) is 95.5 cm³/mol. The van der Waals surface area contributed by atoms with Gasteiger partial charge in [-0.05, 0) is 48.0 Å². The van der Waals surface area contributed by atoms with E-state index in [0.717, 1.165) is 0 Å². The third-order valence-electron chi connectivity index (χ3n) is 3.50. The molecule has 0 radical (unpaired) electrons. The lowest BCUT2D eigenvalue weighted by Crippen LogP contribution is -2.13. The van der Waals surface area contributed by atoms with Gasteiger partial charge in [-0.2, -0.15) is 5.26 Å². The molecule has 0 fully saturated rings. The number of anilines is 1. The van der Waals surface area contributed by atoms with Gasteiger partial charge in [-0.3, -0.25) is 4.79 Å². The van der Waals surface area contributed by atoms with Crippen LogP contribution in [0.4, 0.5) is 5.69 Å². The fraction of sp³-hybridized carbons (Fsp3) is 0.111. The van der Waals surface area contributed by atoms with Crippen LogP contribution < -0.4 is 19.5 Å². The Hall–Kier alpha value is -2.98. The van der Waals surface area contributed by atoms with Gasteiger partial charge in [0.05, 0.1) is 7.11 Å². The number of fused-ring (bicyclic) bond motifs is 1. The second kappa shape index (κ2) is 7.28. The maximum absolute atomic E-state index is 12.3. The van der Waals surface area contributed by atoms with Crippen LogP contribution in [0.3, 0.4) is 0 Å². The molecule has 1 aliphatic heterocycles. The van der Waals surface area contributed by atoms with Crippen molar-refractivity contribution in [1.82, 2.24) is 0 Å². The Labute approximate surface area is 152 Å². The third-order valence-corrected chi connectivity index (χ3v) is 4.19. The maximum Gasteiger partial charge on any atom is 0.266 e. The zero-order chi connectivity index (χ0) is 17.8. The number of rotatable bonds is 4. The first-order valence-corrected chi connectivity index (χ1v) is 8.06. The van der Waals surface area contributed by atoms with E-state index in [9.17, 15) is 10.1 Å². The van der Waals surface area contributed by atoms with E-state index in [-0.39, 0.29) is 12.4 Å². The minimum absolute atomic E-state index is 0.0321. The van der Waals surface area contributed by atoms with Crippen molar-refractivity contribution < 1.29 is 19.0 Å². The molecule has 2 aromatic carbocycles. The normalized spacial score (nSPS) is 12.4. The van der Waals surface area contributed by atoms with E-state index in [4.69, 9.17) is 14.2 Å². The monoisotopic (exact) mass is 400 g/mol. The molecule has 7 heteroatoms. The molecule has 1 aliphatic rings. The molecule has 0 aromatic heterocycles. The molecule has 0 unspecified atom stereocenters. The van der Waals surface area contributed by atoms with Gasteiger partial charge in [0.25, 0.3) is 5.91 Å². The number of nitrogens with one attached hydrogen (secondary N) is 1. The first-order valence-electron chi connectivity index (χ1n) is 7.27. The number of amides is 1. The molecule has 0 aliphatic carbocycles. The van der Waals surface area contributed by atoms with Gasteiger partial charge in [0, 0.05) is 10.2 Å². The second-order valence-electron chi connectivity index (χ2n) is 5.08. The molecule has 0 spiro atoms. The second-order valence-corrected chi connectivity index (χ2v) is 5.93. The van der Waals surface area contributed by atoms with Crippen molar-refractivity contribution in [1.29, 1.82) is 5.26 Å². The summed E-state index contributed by atoms with van der Waals surface area (Å²) in [5.41, 5.74) is 1.18. The Morgan fingerprint density at radius 2 is 1.96 bits per heavy atom. The van der Waals surface area contributed by atoms with Crippen molar-refractivity contribution >= 4 is 33.6 Å². The van der Waals surface area contributed by atoms with Crippen LogP contribution in [-0.2, 0) is 4.79 Å². The van der Waals surface area contributed by atoms with Crippen LogP contribution in [0.15, 0.2) is 46.4 Å². The van der Waals surface area contributed by atoms with E-state index in [2.05, 4.69) is 21.2 Å². The van der Waals surface area contributed by atoms with Crippen molar-refractivity contribution in [2.75, 3.05) is 19.2 Å². The van der Waals surface area contributed by atoms with Crippen LogP contribution in [0.25, 0.3) is 6.08 Å². The molecule has 3 rings (SSSR count). The Kier molecular flexibility index (Phi) is 4.91. The molecule has 25 heavy (non-hydrogen) atoms. The number of benzene rings is 2. The highest BCUT2D eigenvalue weighted by molar-refractivity contribution is 9.10. The molecular weight excluding hydrogens is 388 g/mol. The minimum Gasteiger partial charge on any atom is -0.497 e. The average Bonchev–Trinajstić information content (AvgIpc) is 3.07. The number of nitriles is 1. The Balaban J connectivity index is 1.82. The third kappa shape index (κ3) is 3.75. The van der Waals surface area contributed by atoms with Crippen molar-refractivity contribution in [2.45, 2.75) is 0 Å². The summed E-state index contributed by atoms with van der Waals surface area (Å²) in [5, 5.41) is 12.0. The minimum atomic E-state index is -0.503. The standard InChI is InChI=1S/C18H13BrN2O4/c1-23-14-4-2-13(3-5-14)21-18(22)12(9-20)6-11-7-16-17(8-15(11)19)25-10-24-16/h2-8H,10H2,1H3,(H,21,22)/b12-6+. The number of carbonyl (C=O) groups is 1. The van der Waals surface area contributed by atoms with E-state index < -0.39 is 5.91 Å². The molecule has 2 aromatic rings. The first kappa shape index (κ1) is 16.9. The molecule has 1 amide bonds. The van der Waals surface area contributed by atoms with Crippen molar-refractivity contribution in [2.24, 2.45) is 0 Å². The van der Waals surface area contributed by atoms with Crippen LogP contribution in [0.1, 0.15) is 5.56 Å². The fourth-order valence-electron chi connectivity index (χ4n) is 2.22. The Bertz CT molecular complexity index is 885. The van der Waals surface area contributed by atoms with Gasteiger partial charge in [-0.1, -0.05) is 15.9 Å². The zero-order valence-corrected chi connectivity index (χ0v) is 14.8. The number of ether oxygens (including phenoxy) is 3. The summed E-state index contributed by atoms with van der Waals surface area (Å²) < 4.78 is 16.4. The first-order chi connectivity index (χ1) is 12.1. The summed E-state index contributed by atoms with van der Waals surface area (Å²) in [6, 6.07) is 12.2. The fourth-order valence-corrected chi connectivity index (χ4v) is 2.66. The van der Waals surface area contributed by atoms with Gasteiger partial charge in [0.1, 0.15) is 17.4 Å². The summed E-state index contributed by atoms with van der Waals surface area (Å²) in [7, 11) is 1.56. The summed E-state index contributed by atoms with van der Waals surface area (Å²) in [6.07, 6.45) is 1.49. The Morgan fingerprint density at radius 3 is 2.60 bits per heavy atom. The van der Waals surface area contributed by atoms with Crippen LogP contribution in [0.5, 0.6) is 17.2 Å². The van der Waals surface area contributed by atoms with Crippen molar-refractivity contribution in [3.63, 3.8) is 0 Å². The lowest BCUT2D eigenvalue weighted by atomic mass is 10.1. The van der Waals surface area contributed by atoms with Crippen LogP contribution >= 0.6 is 15.9 Å². The number of methoxy groups -OCH3 is 1. The molecule has 0 bridgehead atoms. The van der Waals surface area contributed by atoms with E-state index in [1.165, 1.54) is 6.08 Å². The number of nitrogens with zero attached hydrogens (tertiary/aromatic N) is 1. The topological polar surface area (TPSA) is 80.6 Å². The van der Waals surface area contributed by atoms with Gasteiger partial charge >= 0.3 is 0 Å². The molecule has 0 saturated heterocycles. The molecule has 0 atom stereocenters. The summed E-state index contributed by atoms with van der Waals surface area (Å²) >= 11 is 3.40. The van der Waals surface area contributed by atoms with Gasteiger partial charge < -0.3 is 19.5 Å². The van der Waals surface area contributed by atoms with Gasteiger partial charge in [0.15, 0.2) is 11.5 Å². The van der Waals surface area contributed by atoms with Gasteiger partial charge in [-0.25, -0.2) is 0 Å². The number of hydrogen-bond acceptors (Lipinski definition) is 5. The van der Waals surface area contributed by atoms with E-state index in [0.29, 0.717) is 33.0 Å². The predicted octanol–water partition coefficient (Wildman–Crippen LogP) is 3.73. The van der Waals surface area contributed by atoms with Crippen LogP contribution in [0.2, 0.25) is 0 Å². The molecule has 0 saturated carbocycles. The van der Waals surface area contributed by atoms with Crippen LogP contribution in [0, 0.1) is 11.3 Å². The van der Waals surface area contributed by atoms with E-state index in [1.807, 2.05) is 6.07 Å². The highest BCUT2D eigenvalue weighted by Crippen LogP contribution is 2.37. The zero-order valence-electron chi connectivity index (χ0n) is 13.2. The van der Waals surface area contributed by atoms with Gasteiger partial charge in [0.2, 0.25) is 6.79 Å². The SMILES string of the molecule is COc1ccc(NC(=O)/C(C#N)=C/c2cc3c(cc2Br)OCO3)cc1. The summed E-state index contributed by atoms with van der Waals surface area (Å²) in [5.74, 6) is 1.36. The van der Waals surface area contributed by atoms with Crippen molar-refractivity contribution in [3.05, 3.63) is 52.0 Å². The smallest absolute Gasteiger partial charge is 0.266 e. The van der Waals surface area contributed by atoms with E-state index in [1.54, 1.807) is 43.5 Å². The number of hydrogen-bond donors (Lipinski definition) is 1. The lowest BCUT2D eigenvalue weighted by Gasteiger charge is -2.06. The highest BCUT2D eigenvalue weighted by Gasteiger charge is 2.17. The van der Waals surface area contributed by atoms with Crippen molar-refractivity contribution in [3.8, 4) is 23.3 Å². The average molecular weight is 401 g/mol. The number of halogens is 1. The largest absolute Gasteiger partial charge is 0.497 e.